The van der Waals surface area contributed by atoms with Gasteiger partial charge in [0.2, 0.25) is 0 Å². The largest absolute Gasteiger partial charge is 0.379 e. The third-order valence-corrected chi connectivity index (χ3v) is 5.18. The van der Waals surface area contributed by atoms with E-state index in [0.29, 0.717) is 18.8 Å². The topological polar surface area (TPSA) is 92.3 Å². The molecule has 32 heavy (non-hydrogen) atoms. The standard InChI is InChI=1S/C25H19N7/c1-2-6-19-15-23(24-22(28-19)9-5-14-26-24)27-16-17-10-12-18(13-11-17)20-7-3-4-8-21(20)25-29-31-32-30-25/h1,3-5,7-15H,6,16H2,(H,27,28)(H,29,30,31,32). The summed E-state index contributed by atoms with van der Waals surface area (Å²) in [5.74, 6) is 3.31. The third-order valence-electron chi connectivity index (χ3n) is 5.18. The second-order valence-corrected chi connectivity index (χ2v) is 7.26. The first-order valence-electron chi connectivity index (χ1n) is 10.2. The van der Waals surface area contributed by atoms with Crippen molar-refractivity contribution in [3.05, 3.63) is 84.2 Å². The van der Waals surface area contributed by atoms with Crippen LogP contribution in [0.1, 0.15) is 11.3 Å². The van der Waals surface area contributed by atoms with E-state index in [4.69, 9.17) is 6.42 Å². The highest BCUT2D eigenvalue weighted by Crippen LogP contribution is 2.30. The number of fused-ring (bicyclic) bond motifs is 1. The summed E-state index contributed by atoms with van der Waals surface area (Å²) in [5.41, 5.74) is 7.70. The molecule has 3 heterocycles. The van der Waals surface area contributed by atoms with Gasteiger partial charge in [0.25, 0.3) is 0 Å². The van der Waals surface area contributed by atoms with Gasteiger partial charge in [0, 0.05) is 18.3 Å². The lowest BCUT2D eigenvalue weighted by atomic mass is 9.98. The van der Waals surface area contributed by atoms with Crippen LogP contribution in [-0.2, 0) is 13.0 Å². The number of H-pyrrole nitrogens is 1. The van der Waals surface area contributed by atoms with E-state index in [-0.39, 0.29) is 0 Å². The molecule has 154 valence electrons. The Bertz CT molecular complexity index is 1400. The molecule has 0 bridgehead atoms. The minimum absolute atomic E-state index is 0.480. The van der Waals surface area contributed by atoms with E-state index < -0.39 is 0 Å². The lowest BCUT2D eigenvalue weighted by molar-refractivity contribution is 0.881. The predicted molar refractivity (Wildman–Crippen MR) is 124 cm³/mol. The Morgan fingerprint density at radius 3 is 2.59 bits per heavy atom. The normalized spacial score (nSPS) is 10.7. The highest BCUT2D eigenvalue weighted by molar-refractivity contribution is 5.87. The van der Waals surface area contributed by atoms with Gasteiger partial charge in [0.15, 0.2) is 5.82 Å². The summed E-state index contributed by atoms with van der Waals surface area (Å²) in [6.45, 7) is 0.652. The van der Waals surface area contributed by atoms with E-state index in [1.165, 1.54) is 0 Å². The molecule has 0 saturated carbocycles. The Balaban J connectivity index is 1.39. The lowest BCUT2D eigenvalue weighted by Crippen LogP contribution is -2.03. The fourth-order valence-corrected chi connectivity index (χ4v) is 3.66. The van der Waals surface area contributed by atoms with Crippen LogP contribution in [0.4, 0.5) is 5.69 Å². The molecule has 0 aliphatic rings. The van der Waals surface area contributed by atoms with Gasteiger partial charge < -0.3 is 5.32 Å². The van der Waals surface area contributed by atoms with Crippen LogP contribution in [-0.4, -0.2) is 30.6 Å². The summed E-state index contributed by atoms with van der Waals surface area (Å²) in [4.78, 5) is 9.08. The van der Waals surface area contributed by atoms with Gasteiger partial charge in [-0.25, -0.2) is 5.10 Å². The monoisotopic (exact) mass is 417 g/mol. The Labute approximate surface area is 185 Å². The van der Waals surface area contributed by atoms with Gasteiger partial charge >= 0.3 is 0 Å². The summed E-state index contributed by atoms with van der Waals surface area (Å²) in [6, 6.07) is 22.3. The average molecular weight is 417 g/mol. The minimum atomic E-state index is 0.480. The van der Waals surface area contributed by atoms with Gasteiger partial charge in [0.05, 0.1) is 23.3 Å². The highest BCUT2D eigenvalue weighted by atomic mass is 15.5. The molecule has 0 spiro atoms. The maximum Gasteiger partial charge on any atom is 0.180 e. The van der Waals surface area contributed by atoms with Gasteiger partial charge in [-0.3, -0.25) is 9.97 Å². The zero-order valence-electron chi connectivity index (χ0n) is 17.2. The number of aromatic nitrogens is 6. The van der Waals surface area contributed by atoms with Crippen molar-refractivity contribution in [3.8, 4) is 34.9 Å². The molecule has 0 unspecified atom stereocenters. The summed E-state index contributed by atoms with van der Waals surface area (Å²) in [5, 5.41) is 17.8. The van der Waals surface area contributed by atoms with E-state index in [2.05, 4.69) is 72.2 Å². The lowest BCUT2D eigenvalue weighted by Gasteiger charge is -2.12. The van der Waals surface area contributed by atoms with Crippen LogP contribution in [0.25, 0.3) is 33.5 Å². The summed E-state index contributed by atoms with van der Waals surface area (Å²) in [6.07, 6.45) is 7.74. The molecule has 5 rings (SSSR count). The SMILES string of the molecule is C#CCc1cc(NCc2ccc(-c3ccccc3-c3nnn[nH]3)cc2)c2ncccc2n1. The molecule has 2 aromatic carbocycles. The molecule has 0 aliphatic heterocycles. The summed E-state index contributed by atoms with van der Waals surface area (Å²) in [7, 11) is 0. The van der Waals surface area contributed by atoms with E-state index in [1.54, 1.807) is 6.20 Å². The number of terminal acetylenes is 1. The summed E-state index contributed by atoms with van der Waals surface area (Å²) < 4.78 is 0. The second kappa shape index (κ2) is 8.66. The third kappa shape index (κ3) is 3.89. The van der Waals surface area contributed by atoms with Crippen molar-refractivity contribution in [2.45, 2.75) is 13.0 Å². The Morgan fingerprint density at radius 2 is 1.81 bits per heavy atom. The molecule has 0 saturated heterocycles. The van der Waals surface area contributed by atoms with Crippen molar-refractivity contribution in [1.82, 2.24) is 30.6 Å². The molecule has 7 nitrogen and oxygen atoms in total. The molecule has 3 aromatic heterocycles. The number of hydrogen-bond donors (Lipinski definition) is 2. The first-order valence-corrected chi connectivity index (χ1v) is 10.2. The highest BCUT2D eigenvalue weighted by Gasteiger charge is 2.10. The number of hydrogen-bond acceptors (Lipinski definition) is 6. The van der Waals surface area contributed by atoms with E-state index in [9.17, 15) is 0 Å². The quantitative estimate of drug-likeness (QED) is 0.401. The Morgan fingerprint density at radius 1 is 0.969 bits per heavy atom. The van der Waals surface area contributed by atoms with Gasteiger partial charge in [-0.05, 0) is 45.3 Å². The van der Waals surface area contributed by atoms with Crippen molar-refractivity contribution in [1.29, 1.82) is 0 Å². The van der Waals surface area contributed by atoms with Crippen LogP contribution in [0.15, 0.2) is 72.9 Å². The van der Waals surface area contributed by atoms with Crippen molar-refractivity contribution in [2.24, 2.45) is 0 Å². The molecule has 5 aromatic rings. The number of pyridine rings is 2. The van der Waals surface area contributed by atoms with Gasteiger partial charge in [-0.1, -0.05) is 48.5 Å². The minimum Gasteiger partial charge on any atom is -0.379 e. The van der Waals surface area contributed by atoms with Crippen LogP contribution < -0.4 is 5.32 Å². The van der Waals surface area contributed by atoms with E-state index in [1.807, 2.05) is 36.4 Å². The predicted octanol–water partition coefficient (Wildman–Crippen LogP) is 4.26. The van der Waals surface area contributed by atoms with Crippen LogP contribution >= 0.6 is 0 Å². The molecular weight excluding hydrogens is 398 g/mol. The number of rotatable bonds is 6. The smallest absolute Gasteiger partial charge is 0.180 e. The number of nitrogens with one attached hydrogen (secondary N) is 2. The fourth-order valence-electron chi connectivity index (χ4n) is 3.66. The van der Waals surface area contributed by atoms with Gasteiger partial charge in [-0.15, -0.1) is 17.4 Å². The van der Waals surface area contributed by atoms with Crippen LogP contribution in [0.2, 0.25) is 0 Å². The zero-order chi connectivity index (χ0) is 21.8. The number of tetrazole rings is 1. The Hall–Kier alpha value is -4.57. The molecule has 7 heteroatoms. The van der Waals surface area contributed by atoms with Gasteiger partial charge in [0.1, 0.15) is 5.52 Å². The molecular formula is C25H19N7. The molecule has 0 aliphatic carbocycles. The van der Waals surface area contributed by atoms with E-state index >= 15 is 0 Å². The Kier molecular flexibility index (Phi) is 5.25. The molecule has 0 fully saturated rings. The number of anilines is 1. The number of nitrogens with zero attached hydrogens (tertiary/aromatic N) is 5. The first kappa shape index (κ1) is 19.4. The zero-order valence-corrected chi connectivity index (χ0v) is 17.2. The number of benzene rings is 2. The molecule has 0 radical (unpaired) electrons. The summed E-state index contributed by atoms with van der Waals surface area (Å²) >= 11 is 0. The van der Waals surface area contributed by atoms with Crippen molar-refractivity contribution in [3.63, 3.8) is 0 Å². The molecule has 2 N–H and O–H groups in total. The number of aromatic amines is 1. The van der Waals surface area contributed by atoms with E-state index in [0.717, 1.165) is 44.7 Å². The van der Waals surface area contributed by atoms with Crippen LogP contribution in [0, 0.1) is 12.3 Å². The fraction of sp³-hybridized carbons (Fsp3) is 0.0800. The molecule has 0 amide bonds. The van der Waals surface area contributed by atoms with Crippen LogP contribution in [0.3, 0.4) is 0 Å². The van der Waals surface area contributed by atoms with Gasteiger partial charge in [-0.2, -0.15) is 0 Å². The van der Waals surface area contributed by atoms with Crippen molar-refractivity contribution >= 4 is 16.7 Å². The first-order chi connectivity index (χ1) is 15.8. The second-order valence-electron chi connectivity index (χ2n) is 7.26. The van der Waals surface area contributed by atoms with Crippen molar-refractivity contribution < 1.29 is 0 Å². The molecule has 0 atom stereocenters. The maximum absolute atomic E-state index is 5.48. The maximum atomic E-state index is 5.48. The average Bonchev–Trinajstić information content (AvgIpc) is 3.38. The van der Waals surface area contributed by atoms with Crippen molar-refractivity contribution in [2.75, 3.05) is 5.32 Å². The van der Waals surface area contributed by atoms with Crippen LogP contribution in [0.5, 0.6) is 0 Å².